The Labute approximate surface area is 124 Å². The van der Waals surface area contributed by atoms with E-state index in [1.54, 1.807) is 7.11 Å². The monoisotopic (exact) mass is 381 g/mol. The van der Waals surface area contributed by atoms with Gasteiger partial charge in [0.15, 0.2) is 0 Å². The van der Waals surface area contributed by atoms with Crippen LogP contribution in [0.25, 0.3) is 0 Å². The van der Waals surface area contributed by atoms with Crippen LogP contribution < -0.4 is 10.5 Å². The molecule has 0 bridgehead atoms. The summed E-state index contributed by atoms with van der Waals surface area (Å²) in [5.74, 6) is 0.243. The zero-order valence-electron chi connectivity index (χ0n) is 10.8. The highest BCUT2D eigenvalue weighted by molar-refractivity contribution is 14.1. The number of rotatable bonds is 7. The van der Waals surface area contributed by atoms with E-state index in [-0.39, 0.29) is 17.9 Å². The number of nitrogens with zero attached hydrogens (tertiary/aromatic N) is 2. The minimum absolute atomic E-state index is 0.203. The molecule has 0 radical (unpaired) electrons. The standard InChI is InChI=1S/C11H16IN3O4/c1-18-6-5-15(4-3-8(16)19-2)10-9(12)11(17)14-7-13-10/h7H,3-6H2,1-2H3,(H,13,14,17). The van der Waals surface area contributed by atoms with E-state index >= 15 is 0 Å². The lowest BCUT2D eigenvalue weighted by molar-refractivity contribution is -0.140. The fraction of sp³-hybridized carbons (Fsp3) is 0.545. The van der Waals surface area contributed by atoms with Crippen molar-refractivity contribution in [1.82, 2.24) is 9.97 Å². The van der Waals surface area contributed by atoms with E-state index in [0.29, 0.717) is 29.1 Å². The number of aromatic amines is 1. The normalized spacial score (nSPS) is 10.3. The molecule has 1 aromatic heterocycles. The summed E-state index contributed by atoms with van der Waals surface area (Å²) >= 11 is 1.93. The number of carbonyl (C=O) groups excluding carboxylic acids is 1. The molecule has 8 heteroatoms. The molecule has 0 atom stereocenters. The number of halogens is 1. The van der Waals surface area contributed by atoms with Crippen LogP contribution in [-0.2, 0) is 14.3 Å². The molecule has 19 heavy (non-hydrogen) atoms. The first-order chi connectivity index (χ1) is 9.10. The lowest BCUT2D eigenvalue weighted by Gasteiger charge is -2.23. The fourth-order valence-electron chi connectivity index (χ4n) is 1.45. The van der Waals surface area contributed by atoms with E-state index < -0.39 is 0 Å². The Bertz CT molecular complexity index is 477. The van der Waals surface area contributed by atoms with Gasteiger partial charge in [-0.3, -0.25) is 9.59 Å². The van der Waals surface area contributed by atoms with Crippen molar-refractivity contribution in [2.75, 3.05) is 38.8 Å². The number of esters is 1. The molecule has 0 amide bonds. The molecule has 1 N–H and O–H groups in total. The van der Waals surface area contributed by atoms with Crippen molar-refractivity contribution >= 4 is 34.4 Å². The highest BCUT2D eigenvalue weighted by Crippen LogP contribution is 2.15. The van der Waals surface area contributed by atoms with Crippen LogP contribution in [0.5, 0.6) is 0 Å². The van der Waals surface area contributed by atoms with Gasteiger partial charge >= 0.3 is 5.97 Å². The van der Waals surface area contributed by atoms with Crippen LogP contribution >= 0.6 is 22.6 Å². The Balaban J connectivity index is 2.86. The van der Waals surface area contributed by atoms with Crippen molar-refractivity contribution in [3.8, 4) is 0 Å². The Kier molecular flexibility index (Phi) is 6.78. The second kappa shape index (κ2) is 8.10. The second-order valence-electron chi connectivity index (χ2n) is 3.68. The summed E-state index contributed by atoms with van der Waals surface area (Å²) in [5.41, 5.74) is -0.203. The highest BCUT2D eigenvalue weighted by Gasteiger charge is 2.15. The molecule has 0 unspecified atom stereocenters. The Hall–Kier alpha value is -1.16. The van der Waals surface area contributed by atoms with Gasteiger partial charge in [0.25, 0.3) is 5.56 Å². The van der Waals surface area contributed by atoms with Crippen molar-refractivity contribution in [3.63, 3.8) is 0 Å². The summed E-state index contributed by atoms with van der Waals surface area (Å²) in [5, 5.41) is 0. The van der Waals surface area contributed by atoms with Gasteiger partial charge in [0.2, 0.25) is 0 Å². The molecule has 0 saturated carbocycles. The van der Waals surface area contributed by atoms with Crippen LogP contribution in [0.1, 0.15) is 6.42 Å². The zero-order valence-corrected chi connectivity index (χ0v) is 13.0. The molecular weight excluding hydrogens is 365 g/mol. The Morgan fingerprint density at radius 3 is 2.84 bits per heavy atom. The number of aromatic nitrogens is 2. The first-order valence-electron chi connectivity index (χ1n) is 5.64. The fourth-order valence-corrected chi connectivity index (χ4v) is 2.08. The van der Waals surface area contributed by atoms with Gasteiger partial charge in [0.05, 0.1) is 26.5 Å². The molecule has 1 rings (SSSR count). The number of hydrogen-bond acceptors (Lipinski definition) is 6. The van der Waals surface area contributed by atoms with Crippen LogP contribution in [-0.4, -0.2) is 49.9 Å². The molecule has 0 aliphatic rings. The maximum Gasteiger partial charge on any atom is 0.307 e. The van der Waals surface area contributed by atoms with Crippen LogP contribution in [0.2, 0.25) is 0 Å². The third-order valence-electron chi connectivity index (χ3n) is 2.46. The molecular formula is C11H16IN3O4. The predicted octanol–water partition coefficient (Wildman–Crippen LogP) is 0.390. The van der Waals surface area contributed by atoms with Gasteiger partial charge in [-0.05, 0) is 22.6 Å². The van der Waals surface area contributed by atoms with E-state index in [2.05, 4.69) is 14.7 Å². The van der Waals surface area contributed by atoms with Gasteiger partial charge in [-0.2, -0.15) is 0 Å². The minimum atomic E-state index is -0.303. The van der Waals surface area contributed by atoms with Crippen molar-refractivity contribution in [1.29, 1.82) is 0 Å². The average molecular weight is 381 g/mol. The van der Waals surface area contributed by atoms with Crippen LogP contribution in [0.15, 0.2) is 11.1 Å². The molecule has 0 fully saturated rings. The zero-order chi connectivity index (χ0) is 14.3. The summed E-state index contributed by atoms with van der Waals surface area (Å²) in [7, 11) is 2.94. The summed E-state index contributed by atoms with van der Waals surface area (Å²) in [6, 6.07) is 0. The number of carbonyl (C=O) groups is 1. The maximum absolute atomic E-state index is 11.6. The Morgan fingerprint density at radius 2 is 2.21 bits per heavy atom. The predicted molar refractivity (Wildman–Crippen MR) is 78.3 cm³/mol. The van der Waals surface area contributed by atoms with Crippen LogP contribution in [0.4, 0.5) is 5.82 Å². The lowest BCUT2D eigenvalue weighted by atomic mass is 10.3. The topological polar surface area (TPSA) is 84.5 Å². The number of nitrogens with one attached hydrogen (secondary N) is 1. The minimum Gasteiger partial charge on any atom is -0.469 e. The quantitative estimate of drug-likeness (QED) is 0.544. The number of ether oxygens (including phenoxy) is 2. The van der Waals surface area contributed by atoms with E-state index in [1.165, 1.54) is 13.4 Å². The van der Waals surface area contributed by atoms with E-state index in [1.807, 2.05) is 27.5 Å². The molecule has 0 spiro atoms. The molecule has 0 aliphatic carbocycles. The van der Waals surface area contributed by atoms with Gasteiger partial charge in [-0.25, -0.2) is 4.98 Å². The number of methoxy groups -OCH3 is 2. The molecule has 1 aromatic rings. The molecule has 0 saturated heterocycles. The summed E-state index contributed by atoms with van der Waals surface area (Å²) < 4.78 is 10.1. The van der Waals surface area contributed by atoms with Crippen LogP contribution in [0, 0.1) is 3.57 Å². The maximum atomic E-state index is 11.6. The number of hydrogen-bond donors (Lipinski definition) is 1. The van der Waals surface area contributed by atoms with Crippen molar-refractivity contribution in [3.05, 3.63) is 20.3 Å². The number of anilines is 1. The van der Waals surface area contributed by atoms with Gasteiger partial charge in [-0.1, -0.05) is 0 Å². The molecule has 7 nitrogen and oxygen atoms in total. The third kappa shape index (κ3) is 4.78. The Morgan fingerprint density at radius 1 is 1.47 bits per heavy atom. The van der Waals surface area contributed by atoms with Gasteiger partial charge < -0.3 is 19.4 Å². The van der Waals surface area contributed by atoms with Crippen LogP contribution in [0.3, 0.4) is 0 Å². The van der Waals surface area contributed by atoms with Gasteiger partial charge in [0.1, 0.15) is 9.39 Å². The number of H-pyrrole nitrogens is 1. The summed E-state index contributed by atoms with van der Waals surface area (Å²) in [6.07, 6.45) is 1.57. The molecule has 106 valence electrons. The highest BCUT2D eigenvalue weighted by atomic mass is 127. The molecule has 1 heterocycles. The van der Waals surface area contributed by atoms with Gasteiger partial charge in [0, 0.05) is 20.2 Å². The van der Waals surface area contributed by atoms with E-state index in [4.69, 9.17) is 4.74 Å². The van der Waals surface area contributed by atoms with Crippen molar-refractivity contribution < 1.29 is 14.3 Å². The second-order valence-corrected chi connectivity index (χ2v) is 4.75. The van der Waals surface area contributed by atoms with Crippen molar-refractivity contribution in [2.24, 2.45) is 0 Å². The summed E-state index contributed by atoms with van der Waals surface area (Å²) in [4.78, 5) is 31.2. The van der Waals surface area contributed by atoms with E-state index in [0.717, 1.165) is 0 Å². The van der Waals surface area contributed by atoms with Gasteiger partial charge in [-0.15, -0.1) is 0 Å². The molecule has 0 aliphatic heterocycles. The van der Waals surface area contributed by atoms with E-state index in [9.17, 15) is 9.59 Å². The van der Waals surface area contributed by atoms with Crippen molar-refractivity contribution in [2.45, 2.75) is 6.42 Å². The third-order valence-corrected chi connectivity index (χ3v) is 3.43. The average Bonchev–Trinajstić information content (AvgIpc) is 2.42. The largest absolute Gasteiger partial charge is 0.469 e. The molecule has 0 aromatic carbocycles. The SMILES string of the molecule is COCCN(CCC(=O)OC)c1nc[nH]c(=O)c1I. The lowest BCUT2D eigenvalue weighted by Crippen LogP contribution is -2.33. The summed E-state index contributed by atoms with van der Waals surface area (Å²) in [6.45, 7) is 1.44. The first kappa shape index (κ1) is 15.9. The smallest absolute Gasteiger partial charge is 0.307 e. The first-order valence-corrected chi connectivity index (χ1v) is 6.72.